The van der Waals surface area contributed by atoms with Crippen LogP contribution >= 0.6 is 22.6 Å². The Morgan fingerprint density at radius 2 is 1.60 bits per heavy atom. The molecule has 0 spiro atoms. The molecular formula is C24H38IN5. The average Bonchev–Trinajstić information content (AvgIpc) is 3.31. The van der Waals surface area contributed by atoms with Gasteiger partial charge in [0.25, 0.3) is 5.78 Å². The number of rotatable bonds is 3. The van der Waals surface area contributed by atoms with Gasteiger partial charge in [-0.3, -0.25) is 0 Å². The van der Waals surface area contributed by atoms with Crippen LogP contribution in [0.5, 0.6) is 0 Å². The molecule has 0 amide bonds. The van der Waals surface area contributed by atoms with Crippen molar-refractivity contribution >= 4 is 28.4 Å². The zero-order valence-electron chi connectivity index (χ0n) is 19.0. The van der Waals surface area contributed by atoms with Crippen LogP contribution < -0.4 is 0 Å². The van der Waals surface area contributed by atoms with Crippen LogP contribution in [0.4, 0.5) is 0 Å². The van der Waals surface area contributed by atoms with Crippen LogP contribution in [0.2, 0.25) is 0 Å². The fourth-order valence-corrected chi connectivity index (χ4v) is 6.46. The lowest BCUT2D eigenvalue weighted by atomic mass is 9.96. The van der Waals surface area contributed by atoms with Gasteiger partial charge in [-0.05, 0) is 77.3 Å². The number of alkyl halides is 1. The summed E-state index contributed by atoms with van der Waals surface area (Å²) in [6.45, 7) is 8.80. The van der Waals surface area contributed by atoms with Gasteiger partial charge in [-0.2, -0.15) is 10.1 Å². The summed E-state index contributed by atoms with van der Waals surface area (Å²) in [5, 5.41) is 4.56. The number of hydrogen-bond donors (Lipinski definition) is 0. The molecule has 4 rings (SSSR count). The van der Waals surface area contributed by atoms with Crippen LogP contribution in [0, 0.1) is 26.7 Å². The first kappa shape index (κ1) is 22.4. The van der Waals surface area contributed by atoms with Crippen molar-refractivity contribution in [2.24, 2.45) is 5.92 Å². The Morgan fingerprint density at radius 3 is 2.40 bits per heavy atom. The van der Waals surface area contributed by atoms with E-state index < -0.39 is 0 Å². The first-order valence-electron chi connectivity index (χ1n) is 12.1. The number of aromatic nitrogens is 4. The first-order valence-corrected chi connectivity index (χ1v) is 13.3. The molecule has 2 fully saturated rings. The van der Waals surface area contributed by atoms with Crippen LogP contribution in [0.15, 0.2) is 0 Å². The second-order valence-corrected chi connectivity index (χ2v) is 11.4. The van der Waals surface area contributed by atoms with Gasteiger partial charge in [0.1, 0.15) is 5.82 Å². The van der Waals surface area contributed by atoms with E-state index in [1.165, 1.54) is 88.6 Å². The summed E-state index contributed by atoms with van der Waals surface area (Å²) in [7, 11) is 0. The number of aryl methyl sites for hydroxylation is 3. The van der Waals surface area contributed by atoms with E-state index >= 15 is 0 Å². The summed E-state index contributed by atoms with van der Waals surface area (Å²) in [4.78, 5) is 12.0. The topological polar surface area (TPSA) is 46.3 Å². The number of hydrogen-bond acceptors (Lipinski definition) is 4. The molecule has 166 valence electrons. The Bertz CT molecular complexity index is 848. The maximum Gasteiger partial charge on any atom is 0.252 e. The second kappa shape index (κ2) is 10.2. The van der Waals surface area contributed by atoms with Crippen LogP contribution in [-0.4, -0.2) is 47.5 Å². The van der Waals surface area contributed by atoms with Crippen molar-refractivity contribution < 1.29 is 0 Å². The van der Waals surface area contributed by atoms with E-state index in [4.69, 9.17) is 4.98 Å². The van der Waals surface area contributed by atoms with E-state index in [-0.39, 0.29) is 0 Å². The third kappa shape index (κ3) is 5.34. The van der Waals surface area contributed by atoms with Crippen molar-refractivity contribution in [2.45, 2.75) is 101 Å². The molecule has 1 aliphatic heterocycles. The Labute approximate surface area is 195 Å². The lowest BCUT2D eigenvalue weighted by Crippen LogP contribution is -2.33. The molecule has 3 atom stereocenters. The smallest absolute Gasteiger partial charge is 0.252 e. The fourth-order valence-electron chi connectivity index (χ4n) is 5.58. The van der Waals surface area contributed by atoms with Gasteiger partial charge in [-0.1, -0.05) is 54.7 Å². The molecule has 2 aliphatic rings. The molecule has 0 aromatic carbocycles. The van der Waals surface area contributed by atoms with Crippen LogP contribution in [0.3, 0.4) is 0 Å². The van der Waals surface area contributed by atoms with Gasteiger partial charge >= 0.3 is 0 Å². The van der Waals surface area contributed by atoms with Crippen molar-refractivity contribution in [1.29, 1.82) is 0 Å². The van der Waals surface area contributed by atoms with Gasteiger partial charge in [0.2, 0.25) is 0 Å². The second-order valence-electron chi connectivity index (χ2n) is 9.66. The Hall–Kier alpha value is -0.760. The number of nitrogens with zero attached hydrogens (tertiary/aromatic N) is 5. The zero-order valence-corrected chi connectivity index (χ0v) is 21.2. The molecular weight excluding hydrogens is 485 g/mol. The minimum absolute atomic E-state index is 0.739. The highest BCUT2D eigenvalue weighted by molar-refractivity contribution is 14.1. The molecule has 5 nitrogen and oxygen atoms in total. The highest BCUT2D eigenvalue weighted by atomic mass is 127. The Balaban J connectivity index is 1.39. The molecule has 3 heterocycles. The van der Waals surface area contributed by atoms with Gasteiger partial charge in [0, 0.05) is 27.9 Å². The standard InChI is InChI=1S/C24H38IN5/c1-17-23(18(2)30-24(26-17)27-19(3)28-30)15-20-13-14-29(16-20)22-11-6-4-5-9-21(25)10-7-8-12-22/h20-22H,4-16H2,1-3H3. The van der Waals surface area contributed by atoms with Crippen molar-refractivity contribution in [1.82, 2.24) is 24.5 Å². The molecule has 6 heteroatoms. The van der Waals surface area contributed by atoms with Crippen LogP contribution in [-0.2, 0) is 6.42 Å². The Morgan fingerprint density at radius 1 is 0.900 bits per heavy atom. The predicted molar refractivity (Wildman–Crippen MR) is 132 cm³/mol. The summed E-state index contributed by atoms with van der Waals surface area (Å²) in [6.07, 6.45) is 15.2. The van der Waals surface area contributed by atoms with Gasteiger partial charge in [0.05, 0.1) is 0 Å². The zero-order chi connectivity index (χ0) is 21.1. The van der Waals surface area contributed by atoms with E-state index in [1.54, 1.807) is 0 Å². The van der Waals surface area contributed by atoms with Crippen molar-refractivity contribution in [2.75, 3.05) is 13.1 Å². The van der Waals surface area contributed by atoms with Crippen LogP contribution in [0.25, 0.3) is 5.78 Å². The quantitative estimate of drug-likeness (QED) is 0.388. The van der Waals surface area contributed by atoms with Gasteiger partial charge in [-0.25, -0.2) is 9.50 Å². The molecule has 30 heavy (non-hydrogen) atoms. The van der Waals surface area contributed by atoms with Crippen LogP contribution in [0.1, 0.15) is 87.0 Å². The molecule has 2 aromatic heterocycles. The van der Waals surface area contributed by atoms with E-state index in [2.05, 4.69) is 51.4 Å². The predicted octanol–water partition coefficient (Wildman–Crippen LogP) is 5.61. The third-order valence-electron chi connectivity index (χ3n) is 7.34. The van der Waals surface area contributed by atoms with Gasteiger partial charge < -0.3 is 4.90 Å². The van der Waals surface area contributed by atoms with Crippen molar-refractivity contribution in [3.63, 3.8) is 0 Å². The number of likely N-dealkylation sites (tertiary alicyclic amines) is 1. The maximum atomic E-state index is 4.74. The number of fused-ring (bicyclic) bond motifs is 1. The van der Waals surface area contributed by atoms with E-state index in [1.807, 2.05) is 11.4 Å². The largest absolute Gasteiger partial charge is 0.300 e. The maximum absolute atomic E-state index is 4.74. The minimum atomic E-state index is 0.739. The molecule has 2 aromatic rings. The summed E-state index contributed by atoms with van der Waals surface area (Å²) in [5.41, 5.74) is 3.74. The molecule has 0 N–H and O–H groups in total. The monoisotopic (exact) mass is 523 g/mol. The molecule has 1 saturated carbocycles. The molecule has 0 radical (unpaired) electrons. The van der Waals surface area contributed by atoms with Gasteiger partial charge in [-0.15, -0.1) is 0 Å². The SMILES string of the molecule is Cc1nc2nc(C)c(CC3CCN(C4CCCCCC(I)CCCC4)C3)c(C)n2n1. The Kier molecular flexibility index (Phi) is 7.66. The summed E-state index contributed by atoms with van der Waals surface area (Å²) >= 11 is 2.68. The van der Waals surface area contributed by atoms with E-state index in [0.717, 1.165) is 39.6 Å². The molecule has 1 aliphatic carbocycles. The third-order valence-corrected chi connectivity index (χ3v) is 8.59. The minimum Gasteiger partial charge on any atom is -0.300 e. The highest BCUT2D eigenvalue weighted by Crippen LogP contribution is 2.30. The normalized spacial score (nSPS) is 27.4. The van der Waals surface area contributed by atoms with Gasteiger partial charge in [0.15, 0.2) is 0 Å². The lowest BCUT2D eigenvalue weighted by Gasteiger charge is -2.28. The van der Waals surface area contributed by atoms with E-state index in [9.17, 15) is 0 Å². The molecule has 3 unspecified atom stereocenters. The lowest BCUT2D eigenvalue weighted by molar-refractivity contribution is 0.203. The van der Waals surface area contributed by atoms with E-state index in [0.29, 0.717) is 0 Å². The molecule has 1 saturated heterocycles. The average molecular weight is 524 g/mol. The highest BCUT2D eigenvalue weighted by Gasteiger charge is 2.29. The molecule has 0 bridgehead atoms. The summed E-state index contributed by atoms with van der Waals surface area (Å²) in [5.74, 6) is 2.28. The summed E-state index contributed by atoms with van der Waals surface area (Å²) < 4.78 is 2.84. The summed E-state index contributed by atoms with van der Waals surface area (Å²) in [6, 6.07) is 0.807. The first-order chi connectivity index (χ1) is 14.5. The number of halogens is 1. The van der Waals surface area contributed by atoms with Crippen molar-refractivity contribution in [3.05, 3.63) is 22.8 Å². The van der Waals surface area contributed by atoms with Crippen molar-refractivity contribution in [3.8, 4) is 0 Å². The fraction of sp³-hybridized carbons (Fsp3) is 0.792.